The first-order valence-electron chi connectivity index (χ1n) is 7.82. The van der Waals surface area contributed by atoms with Gasteiger partial charge < -0.3 is 13.9 Å². The van der Waals surface area contributed by atoms with E-state index in [1.807, 2.05) is 26.8 Å². The Labute approximate surface area is 136 Å². The molecule has 0 aliphatic heterocycles. The lowest BCUT2D eigenvalue weighted by Gasteiger charge is -2.26. The van der Waals surface area contributed by atoms with Crippen molar-refractivity contribution in [2.45, 2.75) is 52.7 Å². The molecule has 0 amide bonds. The Morgan fingerprint density at radius 3 is 2.65 bits per heavy atom. The summed E-state index contributed by atoms with van der Waals surface area (Å²) in [4.78, 5) is 24.4. The highest BCUT2D eigenvalue weighted by Gasteiger charge is 2.34. The number of furan rings is 1. The van der Waals surface area contributed by atoms with Gasteiger partial charge in [0.05, 0.1) is 17.9 Å². The van der Waals surface area contributed by atoms with Gasteiger partial charge in [-0.25, -0.2) is 0 Å². The molecule has 0 saturated carbocycles. The van der Waals surface area contributed by atoms with Crippen LogP contribution in [-0.4, -0.2) is 31.1 Å². The van der Waals surface area contributed by atoms with Gasteiger partial charge in [0, 0.05) is 26.4 Å². The first-order valence-corrected chi connectivity index (χ1v) is 7.82. The van der Waals surface area contributed by atoms with Gasteiger partial charge in [-0.05, 0) is 25.8 Å². The number of hydrogen-bond acceptors (Lipinski definition) is 5. The minimum atomic E-state index is -0.827. The van der Waals surface area contributed by atoms with Crippen molar-refractivity contribution in [3.8, 4) is 0 Å². The molecule has 1 unspecified atom stereocenters. The first kappa shape index (κ1) is 17.5. The van der Waals surface area contributed by atoms with E-state index in [1.54, 1.807) is 13.4 Å². The van der Waals surface area contributed by atoms with Crippen LogP contribution in [0.3, 0.4) is 0 Å². The molecule has 5 heteroatoms. The van der Waals surface area contributed by atoms with E-state index in [0.29, 0.717) is 24.2 Å². The predicted molar refractivity (Wildman–Crippen MR) is 85.4 cm³/mol. The molecule has 0 aromatic carbocycles. The number of allylic oxidation sites excluding steroid dienone is 1. The average Bonchev–Trinajstić information content (AvgIpc) is 2.82. The predicted octanol–water partition coefficient (Wildman–Crippen LogP) is 3.25. The van der Waals surface area contributed by atoms with Crippen LogP contribution in [0.2, 0.25) is 0 Å². The molecule has 1 aromatic heterocycles. The second kappa shape index (κ2) is 7.13. The normalized spacial score (nSPS) is 27.8. The number of Topliss-reactive ketones (excluding diaryl/α,β-unsaturated/α-hetero) is 1. The molecule has 5 nitrogen and oxygen atoms in total. The summed E-state index contributed by atoms with van der Waals surface area (Å²) in [7, 11) is 1.64. The lowest BCUT2D eigenvalue weighted by Crippen LogP contribution is -2.35. The number of rotatable bonds is 2. The molecule has 1 heterocycles. The van der Waals surface area contributed by atoms with Crippen molar-refractivity contribution < 1.29 is 23.5 Å². The lowest BCUT2D eigenvalue weighted by atomic mass is 9.87. The third-order valence-corrected chi connectivity index (χ3v) is 4.18. The summed E-state index contributed by atoms with van der Waals surface area (Å²) in [5.41, 5.74) is 2.39. The molecule has 1 aliphatic rings. The number of fused-ring (bicyclic) bond motifs is 1. The lowest BCUT2D eigenvalue weighted by molar-refractivity contribution is -0.146. The summed E-state index contributed by atoms with van der Waals surface area (Å²) in [6, 6.07) is 0. The monoisotopic (exact) mass is 320 g/mol. The van der Waals surface area contributed by atoms with Gasteiger partial charge in [0.1, 0.15) is 5.76 Å². The average molecular weight is 320 g/mol. The molecule has 0 spiro atoms. The molecule has 0 N–H and O–H groups in total. The maximum atomic E-state index is 13.0. The van der Waals surface area contributed by atoms with Crippen LogP contribution in [0.25, 0.3) is 0 Å². The summed E-state index contributed by atoms with van der Waals surface area (Å²) in [6.45, 7) is 7.05. The van der Waals surface area contributed by atoms with Gasteiger partial charge in [0.25, 0.3) is 0 Å². The Morgan fingerprint density at radius 1 is 1.35 bits per heavy atom. The highest BCUT2D eigenvalue weighted by atomic mass is 16.5. The fourth-order valence-corrected chi connectivity index (χ4v) is 3.06. The Kier molecular flexibility index (Phi) is 5.42. The minimum Gasteiger partial charge on any atom is -0.468 e. The highest BCUT2D eigenvalue weighted by molar-refractivity contribution is 6.02. The summed E-state index contributed by atoms with van der Waals surface area (Å²) in [5.74, 6) is -0.211. The van der Waals surface area contributed by atoms with Crippen LogP contribution < -0.4 is 0 Å². The van der Waals surface area contributed by atoms with E-state index in [1.165, 1.54) is 6.92 Å². The Balaban J connectivity index is 2.50. The maximum Gasteiger partial charge on any atom is 0.303 e. The number of ketones is 1. The smallest absolute Gasteiger partial charge is 0.303 e. The minimum absolute atomic E-state index is 0.131. The van der Waals surface area contributed by atoms with Crippen molar-refractivity contribution in [1.29, 1.82) is 0 Å². The van der Waals surface area contributed by atoms with Crippen molar-refractivity contribution in [3.05, 3.63) is 34.8 Å². The molecule has 0 saturated heterocycles. The zero-order valence-corrected chi connectivity index (χ0v) is 14.3. The summed E-state index contributed by atoms with van der Waals surface area (Å²) in [5, 5.41) is 0. The number of carbonyl (C=O) groups is 2. The van der Waals surface area contributed by atoms with Gasteiger partial charge in [-0.2, -0.15) is 0 Å². The van der Waals surface area contributed by atoms with E-state index in [-0.39, 0.29) is 17.8 Å². The number of ether oxygens (including phenoxy) is 2. The van der Waals surface area contributed by atoms with E-state index in [2.05, 4.69) is 0 Å². The SMILES string of the molecule is CO[C@H]1/C=C(\C)Cc2occ(C)c2C(=O)C(OC(C)=O)[C@H](C)C1. The molecular weight excluding hydrogens is 296 g/mol. The van der Waals surface area contributed by atoms with Gasteiger partial charge in [0.2, 0.25) is 5.78 Å². The van der Waals surface area contributed by atoms with Gasteiger partial charge in [-0.1, -0.05) is 18.6 Å². The zero-order chi connectivity index (χ0) is 17.1. The third kappa shape index (κ3) is 3.91. The zero-order valence-electron chi connectivity index (χ0n) is 14.3. The van der Waals surface area contributed by atoms with Crippen molar-refractivity contribution >= 4 is 11.8 Å². The number of esters is 1. The molecule has 0 fully saturated rings. The van der Waals surface area contributed by atoms with Crippen LogP contribution in [-0.2, 0) is 20.7 Å². The van der Waals surface area contributed by atoms with Crippen LogP contribution in [0.15, 0.2) is 22.3 Å². The molecule has 3 atom stereocenters. The fraction of sp³-hybridized carbons (Fsp3) is 0.556. The highest BCUT2D eigenvalue weighted by Crippen LogP contribution is 2.28. The molecule has 1 aromatic rings. The summed E-state index contributed by atoms with van der Waals surface area (Å²) in [6.07, 6.45) is 3.80. The van der Waals surface area contributed by atoms with Crippen molar-refractivity contribution in [1.82, 2.24) is 0 Å². The van der Waals surface area contributed by atoms with Crippen molar-refractivity contribution in [3.63, 3.8) is 0 Å². The van der Waals surface area contributed by atoms with Gasteiger partial charge in [-0.3, -0.25) is 9.59 Å². The van der Waals surface area contributed by atoms with Crippen molar-refractivity contribution in [2.75, 3.05) is 7.11 Å². The topological polar surface area (TPSA) is 65.7 Å². The molecule has 2 rings (SSSR count). The molecule has 0 radical (unpaired) electrons. The Morgan fingerprint density at radius 2 is 2.04 bits per heavy atom. The fourth-order valence-electron chi connectivity index (χ4n) is 3.06. The molecule has 126 valence electrons. The third-order valence-electron chi connectivity index (χ3n) is 4.18. The number of aryl methyl sites for hydroxylation is 1. The number of methoxy groups -OCH3 is 1. The van der Waals surface area contributed by atoms with Crippen LogP contribution >= 0.6 is 0 Å². The maximum absolute atomic E-state index is 13.0. The van der Waals surface area contributed by atoms with E-state index in [9.17, 15) is 9.59 Å². The van der Waals surface area contributed by atoms with Crippen LogP contribution in [0.1, 0.15) is 48.9 Å². The van der Waals surface area contributed by atoms with E-state index in [4.69, 9.17) is 13.9 Å². The number of hydrogen-bond donors (Lipinski definition) is 0. The quantitative estimate of drug-likeness (QED) is 0.618. The first-order chi connectivity index (χ1) is 10.8. The summed E-state index contributed by atoms with van der Waals surface area (Å²) < 4.78 is 16.4. The van der Waals surface area contributed by atoms with Crippen molar-refractivity contribution in [2.24, 2.45) is 5.92 Å². The summed E-state index contributed by atoms with van der Waals surface area (Å²) >= 11 is 0. The van der Waals surface area contributed by atoms with E-state index in [0.717, 1.165) is 11.1 Å². The van der Waals surface area contributed by atoms with E-state index >= 15 is 0 Å². The van der Waals surface area contributed by atoms with E-state index < -0.39 is 12.1 Å². The molecule has 1 aliphatic carbocycles. The van der Waals surface area contributed by atoms with Gasteiger partial charge in [-0.15, -0.1) is 0 Å². The standard InChI is InChI=1S/C18H24O5/c1-10-6-14(21-5)8-11(2)18(23-13(4)19)17(20)16-12(3)9-22-15(16)7-10/h6,9,11,14,18H,7-8H2,1-5H3/b10-6+/t11-,14+,18?/m1/s1. The molecule has 0 bridgehead atoms. The second-order valence-electron chi connectivity index (χ2n) is 6.29. The van der Waals surface area contributed by atoms with Crippen LogP contribution in [0.4, 0.5) is 0 Å². The van der Waals surface area contributed by atoms with Gasteiger partial charge in [0.15, 0.2) is 6.10 Å². The number of carbonyl (C=O) groups excluding carboxylic acids is 2. The largest absolute Gasteiger partial charge is 0.468 e. The molecular formula is C18H24O5. The van der Waals surface area contributed by atoms with Crippen LogP contribution in [0, 0.1) is 12.8 Å². The van der Waals surface area contributed by atoms with Gasteiger partial charge >= 0.3 is 5.97 Å². The van der Waals surface area contributed by atoms with Crippen LogP contribution in [0.5, 0.6) is 0 Å². The molecule has 23 heavy (non-hydrogen) atoms. The Hall–Kier alpha value is -1.88. The second-order valence-corrected chi connectivity index (χ2v) is 6.29. The Bertz CT molecular complexity index is 625.